The molecule has 0 amide bonds. The summed E-state index contributed by atoms with van der Waals surface area (Å²) in [6, 6.07) is 10.7. The maximum absolute atomic E-state index is 13.9. The van der Waals surface area contributed by atoms with E-state index >= 15 is 0 Å². The maximum Gasteiger partial charge on any atom is 0.332 e. The monoisotopic (exact) mass is 494 g/mol. The van der Waals surface area contributed by atoms with E-state index in [1.54, 1.807) is 24.3 Å². The third kappa shape index (κ3) is 4.26. The first-order chi connectivity index (χ1) is 15.5. The summed E-state index contributed by atoms with van der Waals surface area (Å²) >= 11 is 11.9. The molecule has 0 saturated heterocycles. The van der Waals surface area contributed by atoms with Gasteiger partial charge in [-0.1, -0.05) is 35.3 Å². The minimum Gasteiger partial charge on any atom is -0.425 e. The Kier molecular flexibility index (Phi) is 5.79. The Bertz CT molecular complexity index is 1490. The number of ether oxygens (including phenoxy) is 1. The van der Waals surface area contributed by atoms with Crippen molar-refractivity contribution in [1.82, 2.24) is 18.7 Å². The summed E-state index contributed by atoms with van der Waals surface area (Å²) in [5, 5.41) is 0.430. The topological polar surface area (TPSA) is 71.1 Å². The molecule has 0 radical (unpaired) electrons. The predicted octanol–water partition coefficient (Wildman–Crippen LogP) is 4.69. The van der Waals surface area contributed by atoms with Gasteiger partial charge >= 0.3 is 11.7 Å². The van der Waals surface area contributed by atoms with Crippen molar-refractivity contribution in [3.05, 3.63) is 84.5 Å². The quantitative estimate of drug-likeness (QED) is 0.403. The van der Waals surface area contributed by atoms with Crippen molar-refractivity contribution < 1.29 is 13.5 Å². The van der Waals surface area contributed by atoms with Crippen LogP contribution in [0.25, 0.3) is 11.2 Å². The number of alkyl halides is 2. The van der Waals surface area contributed by atoms with E-state index in [9.17, 15) is 18.4 Å². The highest BCUT2D eigenvalue weighted by Gasteiger charge is 2.28. The first kappa shape index (κ1) is 23.0. The molecule has 0 aliphatic heterocycles. The zero-order valence-electron chi connectivity index (χ0n) is 17.8. The highest BCUT2D eigenvalue weighted by molar-refractivity contribution is 6.31. The van der Waals surface area contributed by atoms with Crippen LogP contribution in [0, 0.1) is 0 Å². The zero-order chi connectivity index (χ0) is 24.1. The Morgan fingerprint density at radius 2 is 1.70 bits per heavy atom. The molecule has 2 aromatic heterocycles. The molecule has 172 valence electrons. The lowest BCUT2D eigenvalue weighted by Gasteiger charge is -2.15. The van der Waals surface area contributed by atoms with Crippen molar-refractivity contribution in [3.8, 4) is 11.8 Å². The highest BCUT2D eigenvalue weighted by atomic mass is 35.5. The van der Waals surface area contributed by atoms with E-state index in [-0.39, 0.29) is 34.5 Å². The number of fused-ring (bicyclic) bond motifs is 1. The predicted molar refractivity (Wildman–Crippen MR) is 122 cm³/mol. The summed E-state index contributed by atoms with van der Waals surface area (Å²) in [5.74, 6) is -3.15. The van der Waals surface area contributed by atoms with Gasteiger partial charge in [0.15, 0.2) is 11.2 Å². The molecule has 0 fully saturated rings. The van der Waals surface area contributed by atoms with E-state index in [1.807, 2.05) is 0 Å². The van der Waals surface area contributed by atoms with Crippen LogP contribution >= 0.6 is 23.2 Å². The van der Waals surface area contributed by atoms with E-state index in [0.29, 0.717) is 5.02 Å². The second-order valence-corrected chi connectivity index (χ2v) is 8.46. The second-order valence-electron chi connectivity index (χ2n) is 7.62. The van der Waals surface area contributed by atoms with E-state index < -0.39 is 22.7 Å². The summed E-state index contributed by atoms with van der Waals surface area (Å²) in [7, 11) is 2.84. The van der Waals surface area contributed by atoms with Crippen LogP contribution < -0.4 is 16.0 Å². The average Bonchev–Trinajstić information content (AvgIpc) is 3.11. The molecule has 2 heterocycles. The molecule has 0 atom stereocenters. The van der Waals surface area contributed by atoms with Crippen molar-refractivity contribution >= 4 is 34.4 Å². The van der Waals surface area contributed by atoms with Gasteiger partial charge in [-0.05, 0) is 35.9 Å². The number of aromatic nitrogens is 4. The SMILES string of the molecule is Cn1c(=O)c2c(nc(Oc3ccc(Cl)c(C(C)(F)F)c3)n2Cc2ccc(Cl)cc2)n(C)c1=O. The number of imidazole rings is 1. The molecular formula is C22H18Cl2F2N4O3. The Morgan fingerprint density at radius 3 is 2.33 bits per heavy atom. The van der Waals surface area contributed by atoms with Gasteiger partial charge < -0.3 is 4.74 Å². The van der Waals surface area contributed by atoms with Gasteiger partial charge in [0.05, 0.1) is 6.54 Å². The lowest BCUT2D eigenvalue weighted by molar-refractivity contribution is 0.0174. The molecule has 0 aliphatic carbocycles. The highest BCUT2D eigenvalue weighted by Crippen LogP contribution is 2.36. The number of nitrogens with zero attached hydrogens (tertiary/aromatic N) is 4. The van der Waals surface area contributed by atoms with Crippen molar-refractivity contribution in [2.24, 2.45) is 14.1 Å². The van der Waals surface area contributed by atoms with E-state index in [0.717, 1.165) is 23.1 Å². The van der Waals surface area contributed by atoms with Crippen molar-refractivity contribution in [3.63, 3.8) is 0 Å². The van der Waals surface area contributed by atoms with Gasteiger partial charge in [0.1, 0.15) is 5.75 Å². The molecule has 0 N–H and O–H groups in total. The Balaban J connectivity index is 1.92. The number of aryl methyl sites for hydroxylation is 1. The fraction of sp³-hybridized carbons (Fsp3) is 0.227. The second kappa shape index (κ2) is 8.31. The van der Waals surface area contributed by atoms with Crippen molar-refractivity contribution in [2.75, 3.05) is 0 Å². The van der Waals surface area contributed by atoms with Crippen LogP contribution in [0.3, 0.4) is 0 Å². The fourth-order valence-electron chi connectivity index (χ4n) is 3.43. The minimum atomic E-state index is -3.19. The van der Waals surface area contributed by atoms with Crippen LogP contribution in [0.2, 0.25) is 10.0 Å². The maximum atomic E-state index is 13.9. The molecule has 0 aliphatic rings. The summed E-state index contributed by atoms with van der Waals surface area (Å²) in [4.78, 5) is 29.7. The molecule has 4 aromatic rings. The Labute approximate surface area is 196 Å². The van der Waals surface area contributed by atoms with Crippen LogP contribution in [0.1, 0.15) is 18.1 Å². The molecule has 0 saturated carbocycles. The number of halogens is 4. The standard InChI is InChI=1S/C22H18Cl2F2N4O3/c1-22(25,26)15-10-14(8-9-16(15)24)33-20-27-18-17(19(31)29(3)21(32)28(18)2)30(20)11-12-4-6-13(23)7-5-12/h4-10H,11H2,1-3H3. The van der Waals surface area contributed by atoms with Crippen molar-refractivity contribution in [2.45, 2.75) is 19.4 Å². The summed E-state index contributed by atoms with van der Waals surface area (Å²) in [6.45, 7) is 0.883. The van der Waals surface area contributed by atoms with Gasteiger partial charge in [-0.3, -0.25) is 18.5 Å². The Hall–Kier alpha value is -3.17. The lowest BCUT2D eigenvalue weighted by Crippen LogP contribution is -2.37. The molecular weight excluding hydrogens is 477 g/mol. The molecule has 0 spiro atoms. The Morgan fingerprint density at radius 1 is 1.03 bits per heavy atom. The van der Waals surface area contributed by atoms with Crippen molar-refractivity contribution in [1.29, 1.82) is 0 Å². The molecule has 0 unspecified atom stereocenters. The first-order valence-electron chi connectivity index (χ1n) is 9.73. The zero-order valence-corrected chi connectivity index (χ0v) is 19.3. The summed E-state index contributed by atoms with van der Waals surface area (Å²) in [6.07, 6.45) is 0. The largest absolute Gasteiger partial charge is 0.425 e. The van der Waals surface area contributed by atoms with Gasteiger partial charge in [0.25, 0.3) is 11.5 Å². The fourth-order valence-corrected chi connectivity index (χ4v) is 3.84. The van der Waals surface area contributed by atoms with Crippen LogP contribution in [-0.2, 0) is 26.6 Å². The smallest absolute Gasteiger partial charge is 0.332 e. The molecule has 11 heteroatoms. The van der Waals surface area contributed by atoms with E-state index in [4.69, 9.17) is 27.9 Å². The normalized spacial score (nSPS) is 11.8. The lowest BCUT2D eigenvalue weighted by atomic mass is 10.1. The number of rotatable bonds is 5. The average molecular weight is 495 g/mol. The van der Waals surface area contributed by atoms with Gasteiger partial charge in [0, 0.05) is 36.6 Å². The van der Waals surface area contributed by atoms with Crippen LogP contribution in [-0.4, -0.2) is 18.7 Å². The molecule has 0 bridgehead atoms. The number of hydrogen-bond acceptors (Lipinski definition) is 4. The van der Waals surface area contributed by atoms with E-state index in [1.165, 1.54) is 35.4 Å². The van der Waals surface area contributed by atoms with Crippen LogP contribution in [0.4, 0.5) is 8.78 Å². The third-order valence-corrected chi connectivity index (χ3v) is 5.77. The molecule has 7 nitrogen and oxygen atoms in total. The summed E-state index contributed by atoms with van der Waals surface area (Å²) in [5.41, 5.74) is -0.542. The van der Waals surface area contributed by atoms with E-state index in [2.05, 4.69) is 4.98 Å². The third-order valence-electron chi connectivity index (χ3n) is 5.19. The molecule has 33 heavy (non-hydrogen) atoms. The molecule has 4 rings (SSSR count). The van der Waals surface area contributed by atoms with Crippen LogP contribution in [0.15, 0.2) is 52.1 Å². The summed E-state index contributed by atoms with van der Waals surface area (Å²) < 4.78 is 37.4. The van der Waals surface area contributed by atoms with Gasteiger partial charge in [-0.15, -0.1) is 0 Å². The number of benzene rings is 2. The van der Waals surface area contributed by atoms with Crippen LogP contribution in [0.5, 0.6) is 11.8 Å². The first-order valence-corrected chi connectivity index (χ1v) is 10.5. The molecule has 2 aromatic carbocycles. The minimum absolute atomic E-state index is 0.0467. The van der Waals surface area contributed by atoms with Gasteiger partial charge in [-0.2, -0.15) is 4.98 Å². The number of hydrogen-bond donors (Lipinski definition) is 0. The van der Waals surface area contributed by atoms with Gasteiger partial charge in [0.2, 0.25) is 0 Å². The van der Waals surface area contributed by atoms with Gasteiger partial charge in [-0.25, -0.2) is 13.6 Å².